The molecule has 2 rings (SSSR count). The molecule has 0 aromatic rings. The molecule has 2 aliphatic rings. The molecule has 3 nitrogen and oxygen atoms in total. The van der Waals surface area contributed by atoms with Crippen LogP contribution >= 0.6 is 0 Å². The van der Waals surface area contributed by atoms with Gasteiger partial charge in [0, 0.05) is 38.7 Å². The van der Waals surface area contributed by atoms with E-state index in [-0.39, 0.29) is 0 Å². The molecule has 1 aliphatic carbocycles. The SMILES string of the molecule is COC[C@@]12CCC[C@@H]1CN(CCN)C2. The largest absolute Gasteiger partial charge is 0.384 e. The van der Waals surface area contributed by atoms with Crippen molar-refractivity contribution in [2.45, 2.75) is 19.3 Å². The predicted octanol–water partition coefficient (Wildman–Crippen LogP) is 0.694. The molecule has 0 bridgehead atoms. The van der Waals surface area contributed by atoms with Crippen LogP contribution in [-0.4, -0.2) is 44.8 Å². The molecule has 1 saturated heterocycles. The third-order valence-corrected chi connectivity index (χ3v) is 3.99. The molecule has 3 heteroatoms. The highest BCUT2D eigenvalue weighted by molar-refractivity contribution is 5.00. The summed E-state index contributed by atoms with van der Waals surface area (Å²) in [6.07, 6.45) is 4.14. The number of hydrogen-bond acceptors (Lipinski definition) is 3. The van der Waals surface area contributed by atoms with E-state index in [2.05, 4.69) is 4.90 Å². The number of nitrogens with two attached hydrogens (primary N) is 1. The van der Waals surface area contributed by atoms with Crippen LogP contribution in [0.2, 0.25) is 0 Å². The Hall–Kier alpha value is -0.120. The Balaban J connectivity index is 1.99. The fraction of sp³-hybridized carbons (Fsp3) is 1.00. The van der Waals surface area contributed by atoms with Gasteiger partial charge in [-0.05, 0) is 18.8 Å². The molecule has 1 saturated carbocycles. The lowest BCUT2D eigenvalue weighted by molar-refractivity contribution is 0.0706. The number of nitrogens with zero attached hydrogens (tertiary/aromatic N) is 1. The lowest BCUT2D eigenvalue weighted by atomic mass is 9.82. The molecule has 0 amide bonds. The summed E-state index contributed by atoms with van der Waals surface area (Å²) in [4.78, 5) is 2.52. The summed E-state index contributed by atoms with van der Waals surface area (Å²) in [6.45, 7) is 5.25. The molecule has 0 aromatic carbocycles. The average molecular weight is 198 g/mol. The summed E-state index contributed by atoms with van der Waals surface area (Å²) in [7, 11) is 1.83. The molecule has 0 spiro atoms. The maximum absolute atomic E-state index is 5.60. The van der Waals surface area contributed by atoms with Crippen LogP contribution in [0.15, 0.2) is 0 Å². The molecule has 1 heterocycles. The van der Waals surface area contributed by atoms with Crippen LogP contribution in [0.5, 0.6) is 0 Å². The summed E-state index contributed by atoms with van der Waals surface area (Å²) in [6, 6.07) is 0. The lowest BCUT2D eigenvalue weighted by Gasteiger charge is -2.27. The molecule has 2 N–H and O–H groups in total. The maximum Gasteiger partial charge on any atom is 0.0534 e. The summed E-state index contributed by atoms with van der Waals surface area (Å²) in [5.41, 5.74) is 6.08. The van der Waals surface area contributed by atoms with Gasteiger partial charge in [-0.3, -0.25) is 0 Å². The first kappa shape index (κ1) is 10.4. The Morgan fingerprint density at radius 2 is 2.43 bits per heavy atom. The topological polar surface area (TPSA) is 38.5 Å². The number of likely N-dealkylation sites (tertiary alicyclic amines) is 1. The van der Waals surface area contributed by atoms with Gasteiger partial charge in [0.1, 0.15) is 0 Å². The zero-order chi connectivity index (χ0) is 10.0. The monoisotopic (exact) mass is 198 g/mol. The first-order valence-corrected chi connectivity index (χ1v) is 5.72. The zero-order valence-electron chi connectivity index (χ0n) is 9.17. The van der Waals surface area contributed by atoms with Gasteiger partial charge < -0.3 is 15.4 Å². The van der Waals surface area contributed by atoms with E-state index in [1.165, 1.54) is 32.4 Å². The minimum Gasteiger partial charge on any atom is -0.384 e. The Morgan fingerprint density at radius 1 is 1.57 bits per heavy atom. The smallest absolute Gasteiger partial charge is 0.0534 e. The minimum atomic E-state index is 0.476. The van der Waals surface area contributed by atoms with Crippen LogP contribution in [0.25, 0.3) is 0 Å². The molecule has 82 valence electrons. The summed E-state index contributed by atoms with van der Waals surface area (Å²) < 4.78 is 5.40. The van der Waals surface area contributed by atoms with E-state index in [4.69, 9.17) is 10.5 Å². The minimum absolute atomic E-state index is 0.476. The average Bonchev–Trinajstić information content (AvgIpc) is 2.61. The van der Waals surface area contributed by atoms with Gasteiger partial charge >= 0.3 is 0 Å². The third-order valence-electron chi connectivity index (χ3n) is 3.99. The van der Waals surface area contributed by atoms with Gasteiger partial charge in [-0.2, -0.15) is 0 Å². The van der Waals surface area contributed by atoms with Crippen LogP contribution < -0.4 is 5.73 Å². The maximum atomic E-state index is 5.60. The van der Waals surface area contributed by atoms with Crippen molar-refractivity contribution in [3.05, 3.63) is 0 Å². The Labute approximate surface area is 86.6 Å². The summed E-state index contributed by atoms with van der Waals surface area (Å²) in [5.74, 6) is 0.869. The van der Waals surface area contributed by atoms with Crippen molar-refractivity contribution in [1.82, 2.24) is 4.90 Å². The summed E-state index contributed by atoms with van der Waals surface area (Å²) in [5, 5.41) is 0. The quantitative estimate of drug-likeness (QED) is 0.722. The van der Waals surface area contributed by atoms with Crippen molar-refractivity contribution in [3.8, 4) is 0 Å². The van der Waals surface area contributed by atoms with Crippen LogP contribution in [0.3, 0.4) is 0 Å². The van der Waals surface area contributed by atoms with Crippen molar-refractivity contribution < 1.29 is 4.74 Å². The number of rotatable bonds is 4. The number of ether oxygens (including phenoxy) is 1. The van der Waals surface area contributed by atoms with E-state index in [0.717, 1.165) is 25.6 Å². The number of hydrogen-bond donors (Lipinski definition) is 1. The molecule has 1 aliphatic heterocycles. The molecule has 0 aromatic heterocycles. The van der Waals surface area contributed by atoms with Gasteiger partial charge in [-0.15, -0.1) is 0 Å². The number of fused-ring (bicyclic) bond motifs is 1. The highest BCUT2D eigenvalue weighted by Gasteiger charge is 2.48. The Morgan fingerprint density at radius 3 is 3.14 bits per heavy atom. The van der Waals surface area contributed by atoms with Crippen LogP contribution in [-0.2, 0) is 4.74 Å². The van der Waals surface area contributed by atoms with E-state index in [9.17, 15) is 0 Å². The highest BCUT2D eigenvalue weighted by atomic mass is 16.5. The van der Waals surface area contributed by atoms with Crippen LogP contribution in [0.1, 0.15) is 19.3 Å². The Bertz CT molecular complexity index is 198. The first-order valence-electron chi connectivity index (χ1n) is 5.72. The van der Waals surface area contributed by atoms with Gasteiger partial charge in [-0.1, -0.05) is 6.42 Å². The van der Waals surface area contributed by atoms with E-state index in [1.54, 1.807) is 0 Å². The second-order valence-electron chi connectivity index (χ2n) is 4.91. The van der Waals surface area contributed by atoms with Gasteiger partial charge in [0.2, 0.25) is 0 Å². The van der Waals surface area contributed by atoms with E-state index >= 15 is 0 Å². The fourth-order valence-electron chi connectivity index (χ4n) is 3.40. The van der Waals surface area contributed by atoms with Crippen LogP contribution in [0, 0.1) is 11.3 Å². The first-order chi connectivity index (χ1) is 6.80. The summed E-state index contributed by atoms with van der Waals surface area (Å²) >= 11 is 0. The van der Waals surface area contributed by atoms with Crippen molar-refractivity contribution >= 4 is 0 Å². The van der Waals surface area contributed by atoms with Gasteiger partial charge in [0.15, 0.2) is 0 Å². The number of methoxy groups -OCH3 is 1. The second-order valence-corrected chi connectivity index (χ2v) is 4.91. The standard InChI is InChI=1S/C11H22N2O/c1-14-9-11-4-2-3-10(11)7-13(8-11)6-5-12/h10H,2-9,12H2,1H3/t10-,11+/m1/s1. The molecular weight excluding hydrogens is 176 g/mol. The molecule has 0 unspecified atom stereocenters. The normalized spacial score (nSPS) is 37.7. The van der Waals surface area contributed by atoms with Crippen molar-refractivity contribution in [2.75, 3.05) is 39.9 Å². The Kier molecular flexibility index (Phi) is 3.10. The fourth-order valence-corrected chi connectivity index (χ4v) is 3.40. The molecule has 14 heavy (non-hydrogen) atoms. The molecule has 2 fully saturated rings. The van der Waals surface area contributed by atoms with E-state index < -0.39 is 0 Å². The van der Waals surface area contributed by atoms with Gasteiger partial charge in [0.05, 0.1) is 6.61 Å². The molecule has 2 atom stereocenters. The molecule has 0 radical (unpaired) electrons. The lowest BCUT2D eigenvalue weighted by Crippen LogP contribution is -2.33. The van der Waals surface area contributed by atoms with E-state index in [1.807, 2.05) is 7.11 Å². The van der Waals surface area contributed by atoms with Crippen molar-refractivity contribution in [1.29, 1.82) is 0 Å². The van der Waals surface area contributed by atoms with Crippen molar-refractivity contribution in [2.24, 2.45) is 17.1 Å². The third kappa shape index (κ3) is 1.69. The highest BCUT2D eigenvalue weighted by Crippen LogP contribution is 2.48. The molecular formula is C11H22N2O. The van der Waals surface area contributed by atoms with Gasteiger partial charge in [0.25, 0.3) is 0 Å². The van der Waals surface area contributed by atoms with E-state index in [0.29, 0.717) is 5.41 Å². The van der Waals surface area contributed by atoms with Crippen molar-refractivity contribution in [3.63, 3.8) is 0 Å². The van der Waals surface area contributed by atoms with Gasteiger partial charge in [-0.25, -0.2) is 0 Å². The van der Waals surface area contributed by atoms with Crippen LogP contribution in [0.4, 0.5) is 0 Å². The zero-order valence-corrected chi connectivity index (χ0v) is 9.17. The predicted molar refractivity (Wildman–Crippen MR) is 57.1 cm³/mol. The second kappa shape index (κ2) is 4.17.